The Balaban J connectivity index is 1.36. The summed E-state index contributed by atoms with van der Waals surface area (Å²) in [6.45, 7) is 2.39. The number of aromatic nitrogens is 2. The number of amides is 2. The first-order valence-electron chi connectivity index (χ1n) is 10.9. The Morgan fingerprint density at radius 3 is 2.57 bits per heavy atom. The summed E-state index contributed by atoms with van der Waals surface area (Å²) in [4.78, 5) is 31.8. The van der Waals surface area contributed by atoms with Gasteiger partial charge in [-0.1, -0.05) is 22.5 Å². The van der Waals surface area contributed by atoms with Crippen LogP contribution in [0.1, 0.15) is 12.8 Å². The van der Waals surface area contributed by atoms with Crippen molar-refractivity contribution in [2.24, 2.45) is 10.3 Å². The summed E-state index contributed by atoms with van der Waals surface area (Å²) in [6, 6.07) is 10.3. The highest BCUT2D eigenvalue weighted by Gasteiger charge is 2.55. The molecule has 3 heterocycles. The normalized spacial score (nSPS) is 18.8. The molecule has 180 valence electrons. The third-order valence-electron chi connectivity index (χ3n) is 5.68. The number of para-hydroxylation sites is 1. The number of rotatable bonds is 8. The molecule has 2 aliphatic rings. The smallest absolute Gasteiger partial charge is 0.263 e. The van der Waals surface area contributed by atoms with Gasteiger partial charge in [-0.25, -0.2) is 4.90 Å². The predicted octanol–water partition coefficient (Wildman–Crippen LogP) is 2.65. The van der Waals surface area contributed by atoms with Crippen molar-refractivity contribution in [1.82, 2.24) is 15.1 Å². The van der Waals surface area contributed by atoms with Gasteiger partial charge >= 0.3 is 0 Å². The number of hydrogen-bond donors (Lipinski definition) is 0. The third-order valence-corrected chi connectivity index (χ3v) is 5.68. The zero-order valence-corrected chi connectivity index (χ0v) is 19.2. The van der Waals surface area contributed by atoms with Gasteiger partial charge in [-0.05, 0) is 31.2 Å². The van der Waals surface area contributed by atoms with Crippen LogP contribution in [0.4, 0.5) is 5.69 Å². The summed E-state index contributed by atoms with van der Waals surface area (Å²) in [5.74, 6) is 1.13. The van der Waals surface area contributed by atoms with Crippen molar-refractivity contribution >= 4 is 17.5 Å². The number of carbonyl (C=O) groups is 2. The maximum Gasteiger partial charge on any atom is 0.263 e. The average molecular weight is 478 g/mol. The molecule has 12 nitrogen and oxygen atoms in total. The Morgan fingerprint density at radius 2 is 1.80 bits per heavy atom. The predicted molar refractivity (Wildman–Crippen MR) is 121 cm³/mol. The summed E-state index contributed by atoms with van der Waals surface area (Å²) in [5.41, 5.74) is 1.03. The minimum atomic E-state index is -0.961. The lowest BCUT2D eigenvalue weighted by Gasteiger charge is -2.20. The van der Waals surface area contributed by atoms with Crippen molar-refractivity contribution in [2.75, 3.05) is 25.7 Å². The molecule has 2 aromatic carbocycles. The van der Waals surface area contributed by atoms with E-state index in [4.69, 9.17) is 18.7 Å². The van der Waals surface area contributed by atoms with E-state index in [0.717, 1.165) is 4.90 Å². The van der Waals surface area contributed by atoms with E-state index < -0.39 is 23.9 Å². The standard InChI is InChI=1S/C23H22N6O6/c1-4-34-15-8-6-5-7-14(15)21-24-18(35-26-21)12-28-20-19(25-27-28)22(30)29(23(20)31)13-9-10-16(32-2)17(11-13)33-3/h5-11,19-20H,4,12H2,1-3H3/t19-,20+/m0/s1. The van der Waals surface area contributed by atoms with E-state index in [1.165, 1.54) is 19.2 Å². The highest BCUT2D eigenvalue weighted by molar-refractivity contribution is 6.25. The van der Waals surface area contributed by atoms with E-state index in [0.29, 0.717) is 40.9 Å². The molecule has 35 heavy (non-hydrogen) atoms. The van der Waals surface area contributed by atoms with Crippen LogP contribution >= 0.6 is 0 Å². The molecule has 3 aromatic rings. The molecule has 0 unspecified atom stereocenters. The number of carbonyl (C=O) groups excluding carboxylic acids is 2. The van der Waals surface area contributed by atoms with E-state index in [-0.39, 0.29) is 12.4 Å². The summed E-state index contributed by atoms with van der Waals surface area (Å²) in [6.07, 6.45) is 0. The zero-order valence-electron chi connectivity index (χ0n) is 19.2. The van der Waals surface area contributed by atoms with Gasteiger partial charge in [0.15, 0.2) is 23.6 Å². The lowest BCUT2D eigenvalue weighted by atomic mass is 10.1. The first-order valence-corrected chi connectivity index (χ1v) is 10.9. The second-order valence-corrected chi connectivity index (χ2v) is 7.68. The lowest BCUT2D eigenvalue weighted by Crippen LogP contribution is -2.39. The molecule has 2 aliphatic heterocycles. The van der Waals surface area contributed by atoms with E-state index >= 15 is 0 Å². The molecular formula is C23H22N6O6. The fourth-order valence-electron chi connectivity index (χ4n) is 4.07. The minimum absolute atomic E-state index is 0.00720. The molecule has 0 bridgehead atoms. The van der Waals surface area contributed by atoms with Gasteiger partial charge in [-0.2, -0.15) is 10.1 Å². The first-order chi connectivity index (χ1) is 17.0. The quantitative estimate of drug-likeness (QED) is 0.448. The fourth-order valence-corrected chi connectivity index (χ4v) is 4.07. The van der Waals surface area contributed by atoms with Crippen molar-refractivity contribution in [3.63, 3.8) is 0 Å². The van der Waals surface area contributed by atoms with E-state index in [2.05, 4.69) is 20.5 Å². The van der Waals surface area contributed by atoms with Crippen LogP contribution in [0.5, 0.6) is 17.2 Å². The molecule has 2 amide bonds. The number of benzene rings is 2. The number of ether oxygens (including phenoxy) is 3. The minimum Gasteiger partial charge on any atom is -0.493 e. The molecule has 1 fully saturated rings. The molecule has 1 aromatic heterocycles. The molecule has 2 atom stereocenters. The van der Waals surface area contributed by atoms with Crippen molar-refractivity contribution in [1.29, 1.82) is 0 Å². The lowest BCUT2D eigenvalue weighted by molar-refractivity contribution is -0.123. The van der Waals surface area contributed by atoms with Gasteiger partial charge in [0.25, 0.3) is 11.8 Å². The van der Waals surface area contributed by atoms with Crippen LogP contribution in [-0.2, 0) is 16.1 Å². The Morgan fingerprint density at radius 1 is 1.00 bits per heavy atom. The second-order valence-electron chi connectivity index (χ2n) is 7.68. The van der Waals surface area contributed by atoms with Gasteiger partial charge in [-0.15, -0.1) is 0 Å². The largest absolute Gasteiger partial charge is 0.493 e. The van der Waals surface area contributed by atoms with Crippen LogP contribution in [-0.4, -0.2) is 59.9 Å². The van der Waals surface area contributed by atoms with Crippen LogP contribution in [0, 0.1) is 0 Å². The van der Waals surface area contributed by atoms with Crippen LogP contribution in [0.3, 0.4) is 0 Å². The van der Waals surface area contributed by atoms with E-state index in [1.807, 2.05) is 31.2 Å². The van der Waals surface area contributed by atoms with Gasteiger partial charge < -0.3 is 18.7 Å². The van der Waals surface area contributed by atoms with E-state index in [9.17, 15) is 9.59 Å². The van der Waals surface area contributed by atoms with Crippen LogP contribution in [0.15, 0.2) is 57.3 Å². The number of anilines is 1. The summed E-state index contributed by atoms with van der Waals surface area (Å²) in [7, 11) is 2.98. The fraction of sp³-hybridized carbons (Fsp3) is 0.304. The maximum absolute atomic E-state index is 13.3. The molecule has 0 aliphatic carbocycles. The van der Waals surface area contributed by atoms with Gasteiger partial charge in [0.1, 0.15) is 12.3 Å². The van der Waals surface area contributed by atoms with E-state index in [1.54, 1.807) is 18.2 Å². The molecule has 1 saturated heterocycles. The van der Waals surface area contributed by atoms with Gasteiger partial charge in [0.2, 0.25) is 11.7 Å². The van der Waals surface area contributed by atoms with Crippen LogP contribution in [0.25, 0.3) is 11.4 Å². The second kappa shape index (κ2) is 9.05. The SMILES string of the molecule is CCOc1ccccc1-c1noc(CN2N=N[C@@H]3C(=O)N(c4ccc(OC)c(OC)c4)C(=O)[C@@H]32)n1. The van der Waals surface area contributed by atoms with Crippen molar-refractivity contribution in [3.8, 4) is 28.6 Å². The number of imide groups is 1. The van der Waals surface area contributed by atoms with Crippen LogP contribution < -0.4 is 19.1 Å². The maximum atomic E-state index is 13.3. The molecule has 0 saturated carbocycles. The summed E-state index contributed by atoms with van der Waals surface area (Å²) < 4.78 is 21.6. The topological polar surface area (TPSA) is 132 Å². The van der Waals surface area contributed by atoms with Crippen LogP contribution in [0.2, 0.25) is 0 Å². The Labute approximate surface area is 200 Å². The molecule has 12 heteroatoms. The van der Waals surface area contributed by atoms with Gasteiger partial charge in [-0.3, -0.25) is 14.6 Å². The zero-order chi connectivity index (χ0) is 24.5. The Bertz CT molecular complexity index is 1310. The van der Waals surface area contributed by atoms with Crippen molar-refractivity contribution < 1.29 is 28.3 Å². The Hall–Kier alpha value is -4.48. The number of fused-ring (bicyclic) bond motifs is 1. The highest BCUT2D eigenvalue weighted by atomic mass is 16.5. The summed E-state index contributed by atoms with van der Waals surface area (Å²) >= 11 is 0. The highest BCUT2D eigenvalue weighted by Crippen LogP contribution is 2.37. The molecule has 0 N–H and O–H groups in total. The average Bonchev–Trinajstić information content (AvgIpc) is 3.57. The third kappa shape index (κ3) is 3.82. The molecule has 0 radical (unpaired) electrons. The molecule has 5 rings (SSSR count). The van der Waals surface area contributed by atoms with Crippen molar-refractivity contribution in [3.05, 3.63) is 48.4 Å². The van der Waals surface area contributed by atoms with Crippen molar-refractivity contribution in [2.45, 2.75) is 25.6 Å². The Kier molecular flexibility index (Phi) is 5.77. The van der Waals surface area contributed by atoms with Gasteiger partial charge in [0.05, 0.1) is 32.1 Å². The number of hydrogen-bond acceptors (Lipinski definition) is 11. The van der Waals surface area contributed by atoms with Gasteiger partial charge in [0, 0.05) is 6.07 Å². The molecule has 0 spiro atoms. The number of nitrogens with zero attached hydrogens (tertiary/aromatic N) is 6. The number of methoxy groups -OCH3 is 2. The molecular weight excluding hydrogens is 456 g/mol. The first kappa shape index (κ1) is 22.3. The summed E-state index contributed by atoms with van der Waals surface area (Å²) in [5, 5.41) is 13.5. The monoisotopic (exact) mass is 478 g/mol.